The van der Waals surface area contributed by atoms with E-state index in [9.17, 15) is 4.79 Å². The fraction of sp³-hybridized carbons (Fsp3) is 0.917. The van der Waals surface area contributed by atoms with Gasteiger partial charge in [0.1, 0.15) is 0 Å². The number of aliphatic carboxylic acids is 1. The smallest absolute Gasteiger partial charge is 0.306 e. The Bertz CT molecular complexity index is 242. The van der Waals surface area contributed by atoms with Gasteiger partial charge >= 0.3 is 5.97 Å². The van der Waals surface area contributed by atoms with Crippen molar-refractivity contribution in [2.45, 2.75) is 57.5 Å². The van der Waals surface area contributed by atoms with E-state index >= 15 is 0 Å². The van der Waals surface area contributed by atoms with Crippen molar-refractivity contribution in [1.82, 2.24) is 4.90 Å². The number of likely N-dealkylation sites (tertiary alicyclic amines) is 1. The van der Waals surface area contributed by atoms with E-state index in [4.69, 9.17) is 5.11 Å². The maximum absolute atomic E-state index is 10.9. The van der Waals surface area contributed by atoms with Crippen LogP contribution in [0.15, 0.2) is 0 Å². The van der Waals surface area contributed by atoms with Crippen LogP contribution in [0.4, 0.5) is 0 Å². The van der Waals surface area contributed by atoms with Crippen molar-refractivity contribution in [3.8, 4) is 0 Å². The summed E-state index contributed by atoms with van der Waals surface area (Å²) in [6.07, 6.45) is 6.75. The van der Waals surface area contributed by atoms with Gasteiger partial charge in [0.05, 0.1) is 5.92 Å². The predicted molar refractivity (Wildman–Crippen MR) is 58.8 cm³/mol. The SMILES string of the molecule is CC1CCCCN1C1CCC(C(=O)O)C1. The van der Waals surface area contributed by atoms with E-state index < -0.39 is 5.97 Å². The first-order chi connectivity index (χ1) is 7.18. The van der Waals surface area contributed by atoms with Gasteiger partial charge in [-0.25, -0.2) is 0 Å². The molecule has 3 atom stereocenters. The van der Waals surface area contributed by atoms with Crippen LogP contribution in [-0.2, 0) is 4.79 Å². The molecule has 1 aliphatic carbocycles. The number of hydrogen-bond acceptors (Lipinski definition) is 2. The monoisotopic (exact) mass is 211 g/mol. The van der Waals surface area contributed by atoms with Crippen LogP contribution in [0.1, 0.15) is 45.4 Å². The molecule has 3 heteroatoms. The van der Waals surface area contributed by atoms with Crippen molar-refractivity contribution in [1.29, 1.82) is 0 Å². The van der Waals surface area contributed by atoms with Crippen LogP contribution in [0.2, 0.25) is 0 Å². The molecule has 1 heterocycles. The first-order valence-electron chi connectivity index (χ1n) is 6.17. The first-order valence-corrected chi connectivity index (χ1v) is 6.17. The number of carboxylic acids is 1. The van der Waals surface area contributed by atoms with Gasteiger partial charge in [0.2, 0.25) is 0 Å². The molecule has 1 N–H and O–H groups in total. The summed E-state index contributed by atoms with van der Waals surface area (Å²) in [4.78, 5) is 13.4. The van der Waals surface area contributed by atoms with E-state index in [1.165, 1.54) is 25.8 Å². The van der Waals surface area contributed by atoms with Gasteiger partial charge in [-0.05, 0) is 45.6 Å². The Labute approximate surface area is 91.5 Å². The van der Waals surface area contributed by atoms with Gasteiger partial charge in [-0.2, -0.15) is 0 Å². The second kappa shape index (κ2) is 4.52. The van der Waals surface area contributed by atoms with E-state index in [1.807, 2.05) is 0 Å². The molecule has 2 aliphatic rings. The number of piperidine rings is 1. The second-order valence-corrected chi connectivity index (χ2v) is 5.08. The van der Waals surface area contributed by atoms with Crippen molar-refractivity contribution in [2.24, 2.45) is 5.92 Å². The lowest BCUT2D eigenvalue weighted by molar-refractivity contribution is -0.141. The average molecular weight is 211 g/mol. The minimum Gasteiger partial charge on any atom is -0.481 e. The number of nitrogens with zero attached hydrogens (tertiary/aromatic N) is 1. The molecular weight excluding hydrogens is 190 g/mol. The topological polar surface area (TPSA) is 40.5 Å². The van der Waals surface area contributed by atoms with Crippen molar-refractivity contribution < 1.29 is 9.90 Å². The maximum Gasteiger partial charge on any atom is 0.306 e. The summed E-state index contributed by atoms with van der Waals surface area (Å²) in [6.45, 7) is 3.46. The van der Waals surface area contributed by atoms with Gasteiger partial charge in [-0.3, -0.25) is 9.69 Å². The Morgan fingerprint density at radius 1 is 1.27 bits per heavy atom. The van der Waals surface area contributed by atoms with Crippen LogP contribution in [-0.4, -0.2) is 34.6 Å². The molecule has 0 bridgehead atoms. The predicted octanol–water partition coefficient (Wildman–Crippen LogP) is 2.11. The third-order valence-corrected chi connectivity index (χ3v) is 4.08. The zero-order valence-electron chi connectivity index (χ0n) is 9.48. The Balaban J connectivity index is 1.91. The minimum absolute atomic E-state index is 0.0795. The molecule has 3 nitrogen and oxygen atoms in total. The molecule has 1 saturated heterocycles. The Kier molecular flexibility index (Phi) is 3.29. The van der Waals surface area contributed by atoms with E-state index in [-0.39, 0.29) is 5.92 Å². The highest BCUT2D eigenvalue weighted by Crippen LogP contribution is 2.33. The van der Waals surface area contributed by atoms with Gasteiger partial charge in [0, 0.05) is 12.1 Å². The Morgan fingerprint density at radius 3 is 2.67 bits per heavy atom. The first kappa shape index (κ1) is 10.9. The van der Waals surface area contributed by atoms with E-state index in [2.05, 4.69) is 11.8 Å². The van der Waals surface area contributed by atoms with Gasteiger partial charge in [0.25, 0.3) is 0 Å². The summed E-state index contributed by atoms with van der Waals surface area (Å²) >= 11 is 0. The molecule has 0 aromatic carbocycles. The van der Waals surface area contributed by atoms with Crippen LogP contribution >= 0.6 is 0 Å². The number of carbonyl (C=O) groups is 1. The second-order valence-electron chi connectivity index (χ2n) is 5.08. The molecule has 1 aliphatic heterocycles. The van der Waals surface area contributed by atoms with Crippen LogP contribution in [0.25, 0.3) is 0 Å². The Morgan fingerprint density at radius 2 is 2.07 bits per heavy atom. The fourth-order valence-corrected chi connectivity index (χ4v) is 3.15. The average Bonchev–Trinajstić information content (AvgIpc) is 2.67. The van der Waals surface area contributed by atoms with Crippen molar-refractivity contribution in [2.75, 3.05) is 6.54 Å². The van der Waals surface area contributed by atoms with Crippen molar-refractivity contribution >= 4 is 5.97 Å². The number of hydrogen-bond donors (Lipinski definition) is 1. The highest BCUT2D eigenvalue weighted by molar-refractivity contribution is 5.70. The molecule has 0 spiro atoms. The maximum atomic E-state index is 10.9. The molecule has 2 rings (SSSR count). The molecule has 2 fully saturated rings. The summed E-state index contributed by atoms with van der Waals surface area (Å²) < 4.78 is 0. The fourth-order valence-electron chi connectivity index (χ4n) is 3.15. The minimum atomic E-state index is -0.595. The lowest BCUT2D eigenvalue weighted by Crippen LogP contribution is -2.43. The van der Waals surface area contributed by atoms with Crippen LogP contribution < -0.4 is 0 Å². The molecule has 0 amide bonds. The van der Waals surface area contributed by atoms with Crippen molar-refractivity contribution in [3.05, 3.63) is 0 Å². The quantitative estimate of drug-likeness (QED) is 0.760. The molecule has 0 aromatic heterocycles. The standard InChI is InChI=1S/C12H21NO2/c1-9-4-2-3-7-13(9)11-6-5-10(8-11)12(14)15/h9-11H,2-8H2,1H3,(H,14,15). The van der Waals surface area contributed by atoms with Crippen LogP contribution in [0, 0.1) is 5.92 Å². The molecular formula is C12H21NO2. The zero-order chi connectivity index (χ0) is 10.8. The van der Waals surface area contributed by atoms with E-state index in [0.717, 1.165) is 19.3 Å². The van der Waals surface area contributed by atoms with Gasteiger partial charge < -0.3 is 5.11 Å². The van der Waals surface area contributed by atoms with E-state index in [1.54, 1.807) is 0 Å². The van der Waals surface area contributed by atoms with Gasteiger partial charge in [-0.1, -0.05) is 6.42 Å². The zero-order valence-corrected chi connectivity index (χ0v) is 9.48. The third kappa shape index (κ3) is 2.33. The summed E-state index contributed by atoms with van der Waals surface area (Å²) in [5.74, 6) is -0.675. The molecule has 15 heavy (non-hydrogen) atoms. The van der Waals surface area contributed by atoms with Crippen molar-refractivity contribution in [3.63, 3.8) is 0 Å². The Hall–Kier alpha value is -0.570. The van der Waals surface area contributed by atoms with Crippen LogP contribution in [0.3, 0.4) is 0 Å². The van der Waals surface area contributed by atoms with E-state index in [0.29, 0.717) is 12.1 Å². The van der Waals surface area contributed by atoms with Crippen LogP contribution in [0.5, 0.6) is 0 Å². The highest BCUT2D eigenvalue weighted by atomic mass is 16.4. The summed E-state index contributed by atoms with van der Waals surface area (Å²) in [5.41, 5.74) is 0. The molecule has 1 saturated carbocycles. The molecule has 86 valence electrons. The van der Waals surface area contributed by atoms with Gasteiger partial charge in [-0.15, -0.1) is 0 Å². The van der Waals surface area contributed by atoms with Gasteiger partial charge in [0.15, 0.2) is 0 Å². The number of rotatable bonds is 2. The molecule has 3 unspecified atom stereocenters. The largest absolute Gasteiger partial charge is 0.481 e. The number of carboxylic acid groups (broad SMARTS) is 1. The summed E-state index contributed by atoms with van der Waals surface area (Å²) in [6, 6.07) is 1.21. The third-order valence-electron chi connectivity index (χ3n) is 4.08. The molecule has 0 radical (unpaired) electrons. The molecule has 0 aromatic rings. The normalized spacial score (nSPS) is 38.1. The highest BCUT2D eigenvalue weighted by Gasteiger charge is 2.35. The summed E-state index contributed by atoms with van der Waals surface area (Å²) in [7, 11) is 0. The lowest BCUT2D eigenvalue weighted by Gasteiger charge is -2.38. The summed E-state index contributed by atoms with van der Waals surface area (Å²) in [5, 5.41) is 8.98. The lowest BCUT2D eigenvalue weighted by atomic mass is 10.00.